The van der Waals surface area contributed by atoms with Crippen LogP contribution in [0.1, 0.15) is 23.7 Å². The van der Waals surface area contributed by atoms with E-state index >= 15 is 0 Å². The largest absolute Gasteiger partial charge is 0.338 e. The van der Waals surface area contributed by atoms with Crippen LogP contribution in [0.5, 0.6) is 0 Å². The lowest BCUT2D eigenvalue weighted by Gasteiger charge is -2.26. The monoisotopic (exact) mass is 300 g/mol. The molecule has 0 heterocycles. The van der Waals surface area contributed by atoms with Crippen molar-refractivity contribution in [3.8, 4) is 0 Å². The number of nitro benzene ring substituents is 1. The number of hydrogen-bond acceptors (Lipinski definition) is 4. The number of benzene rings is 1. The molecule has 0 aliphatic heterocycles. The van der Waals surface area contributed by atoms with Crippen LogP contribution < -0.4 is 0 Å². The Kier molecular flexibility index (Phi) is 5.94. The van der Waals surface area contributed by atoms with Gasteiger partial charge in [-0.25, -0.2) is 0 Å². The fourth-order valence-corrected chi connectivity index (χ4v) is 2.70. The van der Waals surface area contributed by atoms with E-state index in [1.807, 2.05) is 13.2 Å². The normalized spacial score (nSPS) is 12.0. The molecule has 1 unspecified atom stereocenters. The van der Waals surface area contributed by atoms with Crippen molar-refractivity contribution < 1.29 is 14.1 Å². The molecule has 0 radical (unpaired) electrons. The summed E-state index contributed by atoms with van der Waals surface area (Å²) >= 11 is 1.63. The molecule has 1 aromatic carbocycles. The molecule has 0 aliphatic carbocycles. The number of rotatable bonds is 6. The lowest BCUT2D eigenvalue weighted by molar-refractivity contribution is -0.387. The van der Waals surface area contributed by atoms with Gasteiger partial charge in [0.1, 0.15) is 0 Å². The van der Waals surface area contributed by atoms with Gasteiger partial charge in [0.25, 0.3) is 5.91 Å². The van der Waals surface area contributed by atoms with Crippen molar-refractivity contribution in [2.45, 2.75) is 19.4 Å². The zero-order valence-electron chi connectivity index (χ0n) is 11.6. The third kappa shape index (κ3) is 3.69. The Balaban J connectivity index is 2.97. The third-order valence-electron chi connectivity index (χ3n) is 3.09. The summed E-state index contributed by atoms with van der Waals surface area (Å²) in [5.74, 6) is -0.541. The van der Waals surface area contributed by atoms with Gasteiger partial charge in [-0.3, -0.25) is 14.9 Å². The first-order chi connectivity index (χ1) is 9.42. The number of amides is 1. The molecule has 0 saturated carbocycles. The van der Waals surface area contributed by atoms with Gasteiger partial charge in [0.2, 0.25) is 5.82 Å². The molecule has 0 bridgehead atoms. The van der Waals surface area contributed by atoms with Gasteiger partial charge in [-0.1, -0.05) is 6.92 Å². The maximum Gasteiger partial charge on any atom is 0.304 e. The molecule has 0 fully saturated rings. The predicted molar refractivity (Wildman–Crippen MR) is 77.6 cm³/mol. The molecule has 0 saturated heterocycles. The molecule has 0 aromatic heterocycles. The number of nitrogens with zero attached hydrogens (tertiary/aromatic N) is 2. The SMILES string of the molecule is CCC(CSC)N(C)C(=O)c1ccc([N+](=O)[O-])c(F)c1. The van der Waals surface area contributed by atoms with Crippen molar-refractivity contribution in [1.82, 2.24) is 4.90 Å². The van der Waals surface area contributed by atoms with Crippen LogP contribution in [0.25, 0.3) is 0 Å². The van der Waals surface area contributed by atoms with E-state index < -0.39 is 16.4 Å². The van der Waals surface area contributed by atoms with Crippen molar-refractivity contribution in [1.29, 1.82) is 0 Å². The molecule has 0 aliphatic rings. The molecular formula is C13H17FN2O3S. The van der Waals surface area contributed by atoms with Crippen molar-refractivity contribution in [3.05, 3.63) is 39.7 Å². The molecule has 1 atom stereocenters. The Morgan fingerprint density at radius 3 is 2.65 bits per heavy atom. The number of halogens is 1. The summed E-state index contributed by atoms with van der Waals surface area (Å²) in [6.45, 7) is 1.97. The van der Waals surface area contributed by atoms with Crippen LogP contribution in [0.4, 0.5) is 10.1 Å². The highest BCUT2D eigenvalue weighted by atomic mass is 32.2. The molecular weight excluding hydrogens is 283 g/mol. The van der Waals surface area contributed by atoms with E-state index in [1.54, 1.807) is 23.7 Å². The number of carbonyl (C=O) groups is 1. The zero-order valence-corrected chi connectivity index (χ0v) is 12.4. The number of thioether (sulfide) groups is 1. The van der Waals surface area contributed by atoms with E-state index in [0.717, 1.165) is 24.3 Å². The Morgan fingerprint density at radius 1 is 1.55 bits per heavy atom. The second-order valence-electron chi connectivity index (χ2n) is 4.36. The first-order valence-corrected chi connectivity index (χ1v) is 7.51. The molecule has 0 N–H and O–H groups in total. The van der Waals surface area contributed by atoms with Crippen molar-refractivity contribution in [3.63, 3.8) is 0 Å². The Hall–Kier alpha value is -1.63. The van der Waals surface area contributed by atoms with E-state index in [9.17, 15) is 19.3 Å². The summed E-state index contributed by atoms with van der Waals surface area (Å²) in [5, 5.41) is 10.5. The standard InChI is InChI=1S/C13H17FN2O3S/c1-4-10(8-20-3)15(2)13(17)9-5-6-12(16(18)19)11(14)7-9/h5-7,10H,4,8H2,1-3H3. The Morgan fingerprint density at radius 2 is 2.20 bits per heavy atom. The minimum absolute atomic E-state index is 0.0516. The number of hydrogen-bond donors (Lipinski definition) is 0. The predicted octanol–water partition coefficient (Wildman–Crippen LogP) is 2.95. The molecule has 1 rings (SSSR count). The highest BCUT2D eigenvalue weighted by Crippen LogP contribution is 2.20. The van der Waals surface area contributed by atoms with Crippen LogP contribution in [0.15, 0.2) is 18.2 Å². The summed E-state index contributed by atoms with van der Waals surface area (Å²) in [6, 6.07) is 3.27. The van der Waals surface area contributed by atoms with Crippen LogP contribution in [-0.2, 0) is 0 Å². The minimum Gasteiger partial charge on any atom is -0.338 e. The van der Waals surface area contributed by atoms with E-state index in [-0.39, 0.29) is 17.5 Å². The number of nitro groups is 1. The molecule has 7 heteroatoms. The quantitative estimate of drug-likeness (QED) is 0.598. The van der Waals surface area contributed by atoms with Gasteiger partial charge in [0.15, 0.2) is 0 Å². The maximum absolute atomic E-state index is 13.5. The highest BCUT2D eigenvalue weighted by Gasteiger charge is 2.22. The van der Waals surface area contributed by atoms with Gasteiger partial charge in [-0.2, -0.15) is 16.2 Å². The fourth-order valence-electron chi connectivity index (χ4n) is 1.85. The fraction of sp³-hybridized carbons (Fsp3) is 0.462. The van der Waals surface area contributed by atoms with Gasteiger partial charge in [0.05, 0.1) is 4.92 Å². The van der Waals surface area contributed by atoms with Crippen LogP contribution in [0.2, 0.25) is 0 Å². The minimum atomic E-state index is -0.993. The van der Waals surface area contributed by atoms with E-state index in [2.05, 4.69) is 0 Å². The Labute approximate surface area is 121 Å². The smallest absolute Gasteiger partial charge is 0.304 e. The molecule has 110 valence electrons. The van der Waals surface area contributed by atoms with E-state index in [0.29, 0.717) is 0 Å². The van der Waals surface area contributed by atoms with Crippen LogP contribution >= 0.6 is 11.8 Å². The summed E-state index contributed by atoms with van der Waals surface area (Å²) in [7, 11) is 1.66. The number of carbonyl (C=O) groups excluding carboxylic acids is 1. The zero-order chi connectivity index (χ0) is 15.3. The molecule has 20 heavy (non-hydrogen) atoms. The first kappa shape index (κ1) is 16.4. The average molecular weight is 300 g/mol. The van der Waals surface area contributed by atoms with Gasteiger partial charge < -0.3 is 4.90 Å². The second kappa shape index (κ2) is 7.23. The lowest BCUT2D eigenvalue weighted by Crippen LogP contribution is -2.38. The maximum atomic E-state index is 13.5. The Bertz CT molecular complexity index is 510. The van der Waals surface area contributed by atoms with Crippen molar-refractivity contribution in [2.24, 2.45) is 0 Å². The van der Waals surface area contributed by atoms with Crippen LogP contribution in [0, 0.1) is 15.9 Å². The third-order valence-corrected chi connectivity index (χ3v) is 3.81. The topological polar surface area (TPSA) is 63.5 Å². The van der Waals surface area contributed by atoms with Crippen LogP contribution in [-0.4, -0.2) is 40.8 Å². The van der Waals surface area contributed by atoms with Crippen molar-refractivity contribution >= 4 is 23.4 Å². The van der Waals surface area contributed by atoms with E-state index in [4.69, 9.17) is 0 Å². The van der Waals surface area contributed by atoms with Gasteiger partial charge in [-0.05, 0) is 24.8 Å². The molecule has 5 nitrogen and oxygen atoms in total. The summed E-state index contributed by atoms with van der Waals surface area (Å²) in [6.07, 6.45) is 2.74. The van der Waals surface area contributed by atoms with Gasteiger partial charge >= 0.3 is 5.69 Å². The molecule has 1 amide bonds. The molecule has 0 spiro atoms. The summed E-state index contributed by atoms with van der Waals surface area (Å²) in [4.78, 5) is 23.5. The average Bonchev–Trinajstić information content (AvgIpc) is 2.42. The van der Waals surface area contributed by atoms with E-state index in [1.165, 1.54) is 6.07 Å². The van der Waals surface area contributed by atoms with Gasteiger partial charge in [0, 0.05) is 30.5 Å². The van der Waals surface area contributed by atoms with Crippen molar-refractivity contribution in [2.75, 3.05) is 19.1 Å². The summed E-state index contributed by atoms with van der Waals surface area (Å²) < 4.78 is 13.5. The summed E-state index contributed by atoms with van der Waals surface area (Å²) in [5.41, 5.74) is -0.504. The molecule has 1 aromatic rings. The van der Waals surface area contributed by atoms with Gasteiger partial charge in [-0.15, -0.1) is 0 Å². The van der Waals surface area contributed by atoms with Crippen LogP contribution in [0.3, 0.4) is 0 Å². The lowest BCUT2D eigenvalue weighted by atomic mass is 10.1. The first-order valence-electron chi connectivity index (χ1n) is 6.12. The second-order valence-corrected chi connectivity index (χ2v) is 5.27. The highest BCUT2D eigenvalue weighted by molar-refractivity contribution is 7.98.